The lowest BCUT2D eigenvalue weighted by atomic mass is 9.87. The SMILES string of the molecule is O=C(O)C=CC1CCCCCCCCCCC1(O)O. The van der Waals surface area contributed by atoms with Crippen LogP contribution in [0.15, 0.2) is 12.2 Å². The molecule has 1 unspecified atom stereocenters. The van der Waals surface area contributed by atoms with E-state index in [4.69, 9.17) is 5.11 Å². The fraction of sp³-hybridized carbons (Fsp3) is 0.800. The Hall–Kier alpha value is -0.870. The van der Waals surface area contributed by atoms with Gasteiger partial charge in [-0.2, -0.15) is 0 Å². The Morgan fingerprint density at radius 3 is 2.05 bits per heavy atom. The molecular formula is C15H26O4. The summed E-state index contributed by atoms with van der Waals surface area (Å²) in [6.07, 6.45) is 12.0. The number of hydrogen-bond acceptors (Lipinski definition) is 3. The van der Waals surface area contributed by atoms with Gasteiger partial charge in [-0.3, -0.25) is 0 Å². The molecule has 1 rings (SSSR count). The van der Waals surface area contributed by atoms with Crippen LogP contribution in [0.4, 0.5) is 0 Å². The zero-order valence-electron chi connectivity index (χ0n) is 11.6. The molecule has 0 aromatic heterocycles. The quantitative estimate of drug-likeness (QED) is 0.532. The van der Waals surface area contributed by atoms with Gasteiger partial charge in [-0.1, -0.05) is 51.0 Å². The molecule has 0 radical (unpaired) electrons. The van der Waals surface area contributed by atoms with Crippen LogP contribution in [0.25, 0.3) is 0 Å². The number of carboxylic acid groups (broad SMARTS) is 1. The Labute approximate surface area is 115 Å². The summed E-state index contributed by atoms with van der Waals surface area (Å²) >= 11 is 0. The van der Waals surface area contributed by atoms with Gasteiger partial charge in [0.05, 0.1) is 0 Å². The second-order valence-corrected chi connectivity index (χ2v) is 5.55. The minimum atomic E-state index is -1.77. The van der Waals surface area contributed by atoms with Gasteiger partial charge in [0, 0.05) is 18.4 Å². The third-order valence-corrected chi connectivity index (χ3v) is 3.87. The second-order valence-electron chi connectivity index (χ2n) is 5.55. The Bertz CT molecular complexity index is 297. The molecule has 0 heterocycles. The van der Waals surface area contributed by atoms with E-state index < -0.39 is 17.7 Å². The Balaban J connectivity index is 2.64. The molecule has 0 amide bonds. The van der Waals surface area contributed by atoms with E-state index in [1.165, 1.54) is 25.3 Å². The molecule has 4 nitrogen and oxygen atoms in total. The minimum absolute atomic E-state index is 0.321. The highest BCUT2D eigenvalue weighted by atomic mass is 16.5. The number of aliphatic hydroxyl groups is 2. The second kappa shape index (κ2) is 8.33. The summed E-state index contributed by atoms with van der Waals surface area (Å²) in [6, 6.07) is 0. The third kappa shape index (κ3) is 6.73. The van der Waals surface area contributed by atoms with Crippen molar-refractivity contribution in [3.8, 4) is 0 Å². The van der Waals surface area contributed by atoms with Crippen molar-refractivity contribution in [2.45, 2.75) is 70.0 Å². The predicted molar refractivity (Wildman–Crippen MR) is 73.6 cm³/mol. The van der Waals surface area contributed by atoms with Crippen LogP contribution in [-0.2, 0) is 4.79 Å². The topological polar surface area (TPSA) is 77.8 Å². The molecule has 1 aliphatic carbocycles. The molecule has 0 bridgehead atoms. The summed E-state index contributed by atoms with van der Waals surface area (Å²) in [5.74, 6) is -3.30. The first kappa shape index (κ1) is 16.2. The van der Waals surface area contributed by atoms with Gasteiger partial charge < -0.3 is 15.3 Å². The lowest BCUT2D eigenvalue weighted by Crippen LogP contribution is -2.37. The summed E-state index contributed by atoms with van der Waals surface area (Å²) in [7, 11) is 0. The zero-order chi connectivity index (χ0) is 14.1. The molecule has 0 aromatic rings. The van der Waals surface area contributed by atoms with Crippen molar-refractivity contribution in [2.75, 3.05) is 0 Å². The van der Waals surface area contributed by atoms with Gasteiger partial charge in [-0.05, 0) is 12.8 Å². The van der Waals surface area contributed by atoms with E-state index in [9.17, 15) is 15.0 Å². The lowest BCUT2D eigenvalue weighted by molar-refractivity contribution is -0.195. The average Bonchev–Trinajstić information content (AvgIpc) is 2.32. The molecule has 1 saturated carbocycles. The first-order chi connectivity index (χ1) is 9.02. The molecule has 1 fully saturated rings. The minimum Gasteiger partial charge on any atom is -0.478 e. The summed E-state index contributed by atoms with van der Waals surface area (Å²) in [5, 5.41) is 29.0. The van der Waals surface area contributed by atoms with Crippen LogP contribution in [0.5, 0.6) is 0 Å². The average molecular weight is 270 g/mol. The molecule has 19 heavy (non-hydrogen) atoms. The summed E-state index contributed by atoms with van der Waals surface area (Å²) in [4.78, 5) is 10.6. The molecule has 0 saturated heterocycles. The van der Waals surface area contributed by atoms with Crippen LogP contribution in [0.3, 0.4) is 0 Å². The molecule has 1 aliphatic rings. The molecular weight excluding hydrogens is 244 g/mol. The highest BCUT2D eigenvalue weighted by Gasteiger charge is 2.31. The van der Waals surface area contributed by atoms with Crippen LogP contribution in [-0.4, -0.2) is 27.1 Å². The van der Waals surface area contributed by atoms with Gasteiger partial charge in [0.1, 0.15) is 0 Å². The Kier molecular flexibility index (Phi) is 7.10. The van der Waals surface area contributed by atoms with E-state index in [-0.39, 0.29) is 0 Å². The van der Waals surface area contributed by atoms with E-state index in [2.05, 4.69) is 0 Å². The Morgan fingerprint density at radius 2 is 1.47 bits per heavy atom. The van der Waals surface area contributed by atoms with Gasteiger partial charge in [-0.15, -0.1) is 0 Å². The summed E-state index contributed by atoms with van der Waals surface area (Å²) in [5.41, 5.74) is 0. The highest BCUT2D eigenvalue weighted by molar-refractivity contribution is 5.79. The standard InChI is InChI=1S/C15H26O4/c16-14(17)11-10-13-9-7-5-3-1-2-4-6-8-12-15(13,18)19/h10-11,13,18-19H,1-9,12H2,(H,16,17). The first-order valence-electron chi connectivity index (χ1n) is 7.38. The van der Waals surface area contributed by atoms with E-state index in [0.717, 1.165) is 38.2 Å². The third-order valence-electron chi connectivity index (χ3n) is 3.87. The molecule has 0 aromatic carbocycles. The van der Waals surface area contributed by atoms with E-state index >= 15 is 0 Å². The van der Waals surface area contributed by atoms with Crippen LogP contribution >= 0.6 is 0 Å². The number of carboxylic acids is 1. The maximum Gasteiger partial charge on any atom is 0.327 e. The molecule has 3 N–H and O–H groups in total. The van der Waals surface area contributed by atoms with Crippen molar-refractivity contribution in [3.05, 3.63) is 12.2 Å². The maximum atomic E-state index is 10.6. The monoisotopic (exact) mass is 270 g/mol. The van der Waals surface area contributed by atoms with Crippen molar-refractivity contribution in [1.82, 2.24) is 0 Å². The first-order valence-corrected chi connectivity index (χ1v) is 7.38. The van der Waals surface area contributed by atoms with E-state index in [1.807, 2.05) is 0 Å². The van der Waals surface area contributed by atoms with E-state index in [1.54, 1.807) is 0 Å². The van der Waals surface area contributed by atoms with Crippen LogP contribution in [0.1, 0.15) is 64.2 Å². The van der Waals surface area contributed by atoms with E-state index in [0.29, 0.717) is 12.8 Å². The fourth-order valence-electron chi connectivity index (χ4n) is 2.68. The number of hydrogen-bond donors (Lipinski definition) is 3. The number of carbonyl (C=O) groups is 1. The van der Waals surface area contributed by atoms with Gasteiger partial charge in [0.15, 0.2) is 5.79 Å². The maximum absolute atomic E-state index is 10.6. The number of aliphatic carboxylic acids is 1. The predicted octanol–water partition coefficient (Wildman–Crippen LogP) is 2.84. The molecule has 0 spiro atoms. The molecule has 0 aliphatic heterocycles. The van der Waals surface area contributed by atoms with Crippen molar-refractivity contribution < 1.29 is 20.1 Å². The highest BCUT2D eigenvalue weighted by Crippen LogP contribution is 2.29. The van der Waals surface area contributed by atoms with Crippen molar-refractivity contribution in [3.63, 3.8) is 0 Å². The zero-order valence-corrected chi connectivity index (χ0v) is 11.6. The van der Waals surface area contributed by atoms with Gasteiger partial charge in [0.2, 0.25) is 0 Å². The largest absolute Gasteiger partial charge is 0.478 e. The fourth-order valence-corrected chi connectivity index (χ4v) is 2.68. The van der Waals surface area contributed by atoms with Gasteiger partial charge >= 0.3 is 5.97 Å². The van der Waals surface area contributed by atoms with Crippen molar-refractivity contribution in [2.24, 2.45) is 5.92 Å². The normalized spacial score (nSPS) is 26.5. The number of rotatable bonds is 2. The van der Waals surface area contributed by atoms with Gasteiger partial charge in [0.25, 0.3) is 0 Å². The molecule has 1 atom stereocenters. The van der Waals surface area contributed by atoms with Crippen molar-refractivity contribution >= 4 is 5.97 Å². The summed E-state index contributed by atoms with van der Waals surface area (Å²) < 4.78 is 0. The van der Waals surface area contributed by atoms with Crippen molar-refractivity contribution in [1.29, 1.82) is 0 Å². The van der Waals surface area contributed by atoms with Crippen LogP contribution in [0.2, 0.25) is 0 Å². The summed E-state index contributed by atoms with van der Waals surface area (Å²) in [6.45, 7) is 0. The Morgan fingerprint density at radius 1 is 0.947 bits per heavy atom. The lowest BCUT2D eigenvalue weighted by Gasteiger charge is -2.30. The molecule has 110 valence electrons. The molecule has 4 heteroatoms. The van der Waals surface area contributed by atoms with Crippen LogP contribution in [0, 0.1) is 5.92 Å². The van der Waals surface area contributed by atoms with Gasteiger partial charge in [-0.25, -0.2) is 4.79 Å². The van der Waals surface area contributed by atoms with Crippen LogP contribution < -0.4 is 0 Å². The smallest absolute Gasteiger partial charge is 0.327 e.